The van der Waals surface area contributed by atoms with E-state index in [4.69, 9.17) is 15.6 Å². The molecule has 110 valence electrons. The lowest BCUT2D eigenvalue weighted by atomic mass is 9.48. The smallest absolute Gasteiger partial charge is 0.241 e. The summed E-state index contributed by atoms with van der Waals surface area (Å²) >= 11 is 0. The van der Waals surface area contributed by atoms with Gasteiger partial charge in [-0.05, 0) is 19.3 Å². The molecule has 2 aliphatic rings. The molecule has 4 N–H and O–H groups in total. The first-order valence-electron chi connectivity index (χ1n) is 7.21. The number of rotatable bonds is 5. The molecule has 5 nitrogen and oxygen atoms in total. The van der Waals surface area contributed by atoms with Crippen molar-refractivity contribution in [3.8, 4) is 0 Å². The van der Waals surface area contributed by atoms with Crippen LogP contribution < -0.4 is 11.1 Å². The molecule has 0 bridgehead atoms. The summed E-state index contributed by atoms with van der Waals surface area (Å²) in [6.45, 7) is 6.78. The van der Waals surface area contributed by atoms with Gasteiger partial charge in [0.2, 0.25) is 5.91 Å². The van der Waals surface area contributed by atoms with Gasteiger partial charge in [-0.1, -0.05) is 20.8 Å². The first-order chi connectivity index (χ1) is 8.89. The molecule has 0 radical (unpaired) electrons. The van der Waals surface area contributed by atoms with Crippen molar-refractivity contribution in [3.05, 3.63) is 0 Å². The molecule has 1 saturated heterocycles. The van der Waals surface area contributed by atoms with E-state index in [0.717, 1.165) is 12.8 Å². The zero-order chi connectivity index (χ0) is 14.3. The molecule has 1 aliphatic heterocycles. The maximum atomic E-state index is 12.6. The van der Waals surface area contributed by atoms with E-state index < -0.39 is 5.54 Å². The Hall–Kier alpha value is -0.650. The fraction of sp³-hybridized carbons (Fsp3) is 0.929. The number of amides is 1. The van der Waals surface area contributed by atoms with Crippen molar-refractivity contribution in [2.75, 3.05) is 13.2 Å². The van der Waals surface area contributed by atoms with Crippen molar-refractivity contribution >= 4 is 5.91 Å². The predicted molar refractivity (Wildman–Crippen MR) is 72.5 cm³/mol. The van der Waals surface area contributed by atoms with Crippen LogP contribution in [-0.2, 0) is 9.53 Å². The Bertz CT molecular complexity index is 359. The molecule has 1 heterocycles. The Labute approximate surface area is 114 Å². The Morgan fingerprint density at radius 1 is 1.58 bits per heavy atom. The SMILES string of the molecule is CCC(CCO)NC(=O)C1(N)C2CCOC2C1(C)C. The Morgan fingerprint density at radius 3 is 2.84 bits per heavy atom. The molecule has 19 heavy (non-hydrogen) atoms. The molecule has 2 rings (SSSR count). The Morgan fingerprint density at radius 2 is 2.26 bits per heavy atom. The maximum absolute atomic E-state index is 12.6. The summed E-state index contributed by atoms with van der Waals surface area (Å²) in [5.74, 6) is 0.0266. The topological polar surface area (TPSA) is 84.6 Å². The van der Waals surface area contributed by atoms with E-state index >= 15 is 0 Å². The summed E-state index contributed by atoms with van der Waals surface area (Å²) in [6, 6.07) is -0.00454. The molecule has 1 aliphatic carbocycles. The summed E-state index contributed by atoms with van der Waals surface area (Å²) in [7, 11) is 0. The van der Waals surface area contributed by atoms with Crippen LogP contribution in [0.2, 0.25) is 0 Å². The lowest BCUT2D eigenvalue weighted by molar-refractivity contribution is -0.176. The summed E-state index contributed by atoms with van der Waals surface area (Å²) in [6.07, 6.45) is 2.33. The number of fused-ring (bicyclic) bond motifs is 1. The van der Waals surface area contributed by atoms with Gasteiger partial charge in [0, 0.05) is 30.6 Å². The van der Waals surface area contributed by atoms with E-state index in [2.05, 4.69) is 5.32 Å². The van der Waals surface area contributed by atoms with Gasteiger partial charge in [0.15, 0.2) is 0 Å². The first kappa shape index (κ1) is 14.8. The fourth-order valence-corrected chi connectivity index (χ4v) is 3.68. The highest BCUT2D eigenvalue weighted by Crippen LogP contribution is 2.58. The van der Waals surface area contributed by atoms with Gasteiger partial charge < -0.3 is 20.9 Å². The van der Waals surface area contributed by atoms with Gasteiger partial charge in [0.1, 0.15) is 5.54 Å². The molecule has 0 aromatic rings. The number of nitrogens with two attached hydrogens (primary N) is 1. The second-order valence-corrected chi connectivity index (χ2v) is 6.37. The van der Waals surface area contributed by atoms with Gasteiger partial charge in [-0.15, -0.1) is 0 Å². The van der Waals surface area contributed by atoms with Crippen LogP contribution in [0.25, 0.3) is 0 Å². The fourth-order valence-electron chi connectivity index (χ4n) is 3.68. The molecule has 4 atom stereocenters. The molecular weight excluding hydrogens is 244 g/mol. The third-order valence-electron chi connectivity index (χ3n) is 5.14. The standard InChI is InChI=1S/C14H26N2O3/c1-4-9(5-7-17)16-12(18)14(15)10-6-8-19-11(10)13(14,2)3/h9-11,17H,4-8,15H2,1-3H3,(H,16,18). The molecule has 1 amide bonds. The Kier molecular flexibility index (Phi) is 3.91. The molecule has 0 aromatic carbocycles. The summed E-state index contributed by atoms with van der Waals surface area (Å²) < 4.78 is 5.69. The second kappa shape index (κ2) is 5.04. The average molecular weight is 270 g/mol. The zero-order valence-electron chi connectivity index (χ0n) is 12.1. The lowest BCUT2D eigenvalue weighted by Crippen LogP contribution is -2.80. The third kappa shape index (κ3) is 1.99. The van der Waals surface area contributed by atoms with E-state index in [-0.39, 0.29) is 36.0 Å². The minimum absolute atomic E-state index is 0.00454. The molecule has 0 aromatic heterocycles. The summed E-state index contributed by atoms with van der Waals surface area (Å²) in [5.41, 5.74) is 5.27. The van der Waals surface area contributed by atoms with Crippen LogP contribution in [0.4, 0.5) is 0 Å². The van der Waals surface area contributed by atoms with Crippen molar-refractivity contribution in [2.24, 2.45) is 17.1 Å². The number of carbonyl (C=O) groups excluding carboxylic acids is 1. The molecule has 2 fully saturated rings. The van der Waals surface area contributed by atoms with E-state index in [9.17, 15) is 4.79 Å². The Balaban J connectivity index is 2.09. The van der Waals surface area contributed by atoms with Gasteiger partial charge in [-0.25, -0.2) is 0 Å². The van der Waals surface area contributed by atoms with Crippen LogP contribution in [0.1, 0.15) is 40.0 Å². The molecule has 5 heteroatoms. The highest BCUT2D eigenvalue weighted by atomic mass is 16.5. The quantitative estimate of drug-likeness (QED) is 0.675. The second-order valence-electron chi connectivity index (χ2n) is 6.37. The number of carbonyl (C=O) groups is 1. The van der Waals surface area contributed by atoms with Crippen molar-refractivity contribution < 1.29 is 14.6 Å². The van der Waals surface area contributed by atoms with Crippen LogP contribution in [0.15, 0.2) is 0 Å². The molecule has 4 unspecified atom stereocenters. The number of aliphatic hydroxyl groups excluding tert-OH is 1. The summed E-state index contributed by atoms with van der Waals surface area (Å²) in [5, 5.41) is 12.0. The van der Waals surface area contributed by atoms with Gasteiger partial charge in [-0.3, -0.25) is 4.79 Å². The van der Waals surface area contributed by atoms with Crippen LogP contribution in [0.5, 0.6) is 0 Å². The maximum Gasteiger partial charge on any atom is 0.241 e. The van der Waals surface area contributed by atoms with Crippen LogP contribution >= 0.6 is 0 Å². The molecule has 0 spiro atoms. The van der Waals surface area contributed by atoms with Gasteiger partial charge >= 0.3 is 0 Å². The van der Waals surface area contributed by atoms with Crippen molar-refractivity contribution in [2.45, 2.75) is 57.7 Å². The van der Waals surface area contributed by atoms with Gasteiger partial charge in [-0.2, -0.15) is 0 Å². The number of ether oxygens (including phenoxy) is 1. The first-order valence-corrected chi connectivity index (χ1v) is 7.21. The number of aliphatic hydroxyl groups is 1. The van der Waals surface area contributed by atoms with Crippen LogP contribution in [-0.4, -0.2) is 41.9 Å². The van der Waals surface area contributed by atoms with E-state index in [1.165, 1.54) is 0 Å². The summed E-state index contributed by atoms with van der Waals surface area (Å²) in [4.78, 5) is 12.6. The highest BCUT2D eigenvalue weighted by molar-refractivity contribution is 5.89. The van der Waals surface area contributed by atoms with E-state index in [1.807, 2.05) is 20.8 Å². The molecular formula is C14H26N2O3. The number of hydrogen-bond acceptors (Lipinski definition) is 4. The van der Waals surface area contributed by atoms with E-state index in [0.29, 0.717) is 13.0 Å². The minimum Gasteiger partial charge on any atom is -0.396 e. The predicted octanol–water partition coefficient (Wildman–Crippen LogP) is 0.406. The van der Waals surface area contributed by atoms with Crippen LogP contribution in [0, 0.1) is 11.3 Å². The third-order valence-corrected chi connectivity index (χ3v) is 5.14. The van der Waals surface area contributed by atoms with Gasteiger partial charge in [0.05, 0.1) is 6.10 Å². The van der Waals surface area contributed by atoms with Crippen molar-refractivity contribution in [3.63, 3.8) is 0 Å². The number of hydrogen-bond donors (Lipinski definition) is 3. The average Bonchev–Trinajstić information content (AvgIpc) is 2.84. The molecule has 1 saturated carbocycles. The minimum atomic E-state index is -0.850. The highest BCUT2D eigenvalue weighted by Gasteiger charge is 2.71. The zero-order valence-corrected chi connectivity index (χ0v) is 12.1. The largest absolute Gasteiger partial charge is 0.396 e. The normalized spacial score (nSPS) is 37.3. The monoisotopic (exact) mass is 270 g/mol. The van der Waals surface area contributed by atoms with Crippen molar-refractivity contribution in [1.82, 2.24) is 5.32 Å². The van der Waals surface area contributed by atoms with Gasteiger partial charge in [0.25, 0.3) is 0 Å². The van der Waals surface area contributed by atoms with Crippen LogP contribution in [0.3, 0.4) is 0 Å². The lowest BCUT2D eigenvalue weighted by Gasteiger charge is -2.60. The van der Waals surface area contributed by atoms with Crippen molar-refractivity contribution in [1.29, 1.82) is 0 Å². The number of nitrogens with one attached hydrogen (secondary N) is 1. The van der Waals surface area contributed by atoms with E-state index in [1.54, 1.807) is 0 Å².